The van der Waals surface area contributed by atoms with E-state index in [4.69, 9.17) is 4.52 Å². The van der Waals surface area contributed by atoms with Gasteiger partial charge in [-0.1, -0.05) is 19.0 Å². The molecule has 0 N–H and O–H groups in total. The minimum absolute atomic E-state index is 0.0242. The van der Waals surface area contributed by atoms with Crippen molar-refractivity contribution in [3.05, 3.63) is 71.9 Å². The van der Waals surface area contributed by atoms with E-state index in [1.54, 1.807) is 29.2 Å². The van der Waals surface area contributed by atoms with E-state index in [2.05, 4.69) is 20.2 Å². The van der Waals surface area contributed by atoms with Crippen LogP contribution in [0.3, 0.4) is 0 Å². The molecule has 0 bridgehead atoms. The summed E-state index contributed by atoms with van der Waals surface area (Å²) in [6.07, 6.45) is 1.46. The van der Waals surface area contributed by atoms with Gasteiger partial charge in [-0.25, -0.2) is 18.4 Å². The highest BCUT2D eigenvalue weighted by molar-refractivity contribution is 5.77. The highest BCUT2D eigenvalue weighted by Gasteiger charge is 2.28. The second kappa shape index (κ2) is 9.96. The van der Waals surface area contributed by atoms with Crippen LogP contribution < -0.4 is 0 Å². The third kappa shape index (κ3) is 5.02. The molecule has 3 heterocycles. The Labute approximate surface area is 207 Å². The molecule has 186 valence electrons. The third-order valence-electron chi connectivity index (χ3n) is 6.33. The van der Waals surface area contributed by atoms with Gasteiger partial charge >= 0.3 is 0 Å². The molecule has 0 aliphatic carbocycles. The number of carbonyl (C=O) groups excluding carboxylic acids is 1. The second-order valence-electron chi connectivity index (χ2n) is 9.23. The van der Waals surface area contributed by atoms with Crippen LogP contribution in [0.5, 0.6) is 0 Å². The van der Waals surface area contributed by atoms with Crippen molar-refractivity contribution in [2.75, 3.05) is 13.1 Å². The summed E-state index contributed by atoms with van der Waals surface area (Å²) in [7, 11) is 0. The number of halogens is 2. The zero-order valence-corrected chi connectivity index (χ0v) is 20.1. The van der Waals surface area contributed by atoms with E-state index in [1.165, 1.54) is 28.9 Å². The summed E-state index contributed by atoms with van der Waals surface area (Å²) < 4.78 is 33.9. The normalized spacial score (nSPS) is 14.5. The largest absolute Gasteiger partial charge is 0.341 e. The molecule has 0 atom stereocenters. The molecule has 0 spiro atoms. The number of benzene rings is 2. The monoisotopic (exact) mass is 492 g/mol. The maximum Gasteiger partial charge on any atom is 0.244 e. The summed E-state index contributed by atoms with van der Waals surface area (Å²) in [5.74, 6) is 1.61. The number of rotatable bonds is 6. The van der Waals surface area contributed by atoms with Crippen molar-refractivity contribution >= 4 is 5.91 Å². The number of carbonyl (C=O) groups is 1. The molecule has 0 unspecified atom stereocenters. The summed E-state index contributed by atoms with van der Waals surface area (Å²) in [6, 6.07) is 11.7. The van der Waals surface area contributed by atoms with Crippen molar-refractivity contribution in [2.24, 2.45) is 0 Å². The lowest BCUT2D eigenvalue weighted by Gasteiger charge is -2.30. The Hall–Kier alpha value is -3.95. The third-order valence-corrected chi connectivity index (χ3v) is 6.33. The smallest absolute Gasteiger partial charge is 0.244 e. The summed E-state index contributed by atoms with van der Waals surface area (Å²) in [4.78, 5) is 24.1. The average Bonchev–Trinajstić information content (AvgIpc) is 3.53. The van der Waals surface area contributed by atoms with Gasteiger partial charge in [0.25, 0.3) is 0 Å². The molecule has 4 aromatic rings. The molecule has 1 aliphatic rings. The molecule has 2 aromatic carbocycles. The van der Waals surface area contributed by atoms with Crippen LogP contribution in [0.4, 0.5) is 8.78 Å². The van der Waals surface area contributed by atoms with E-state index >= 15 is 0 Å². The number of piperidine rings is 1. The number of nitrogens with zero attached hydrogens (tertiary/aromatic N) is 6. The van der Waals surface area contributed by atoms with Crippen LogP contribution in [0.25, 0.3) is 22.8 Å². The first kappa shape index (κ1) is 23.8. The van der Waals surface area contributed by atoms with Crippen molar-refractivity contribution in [1.29, 1.82) is 0 Å². The van der Waals surface area contributed by atoms with Gasteiger partial charge in [0.15, 0.2) is 17.5 Å². The van der Waals surface area contributed by atoms with Gasteiger partial charge in [-0.15, -0.1) is 5.10 Å². The van der Waals surface area contributed by atoms with Crippen molar-refractivity contribution < 1.29 is 18.1 Å². The van der Waals surface area contributed by atoms with Crippen LogP contribution in [-0.4, -0.2) is 48.8 Å². The lowest BCUT2D eigenvalue weighted by molar-refractivity contribution is -0.133. The van der Waals surface area contributed by atoms with Gasteiger partial charge in [-0.3, -0.25) is 4.79 Å². The van der Waals surface area contributed by atoms with E-state index in [1.807, 2.05) is 13.8 Å². The van der Waals surface area contributed by atoms with Gasteiger partial charge in [0.2, 0.25) is 11.8 Å². The lowest BCUT2D eigenvalue weighted by Crippen LogP contribution is -2.40. The molecule has 1 saturated heterocycles. The summed E-state index contributed by atoms with van der Waals surface area (Å²) in [6.45, 7) is 5.13. The zero-order valence-electron chi connectivity index (χ0n) is 20.1. The van der Waals surface area contributed by atoms with Crippen molar-refractivity contribution in [2.45, 2.75) is 45.1 Å². The molecule has 1 fully saturated rings. The predicted molar refractivity (Wildman–Crippen MR) is 128 cm³/mol. The van der Waals surface area contributed by atoms with Gasteiger partial charge in [0, 0.05) is 36.1 Å². The summed E-state index contributed by atoms with van der Waals surface area (Å²) in [5, 5.41) is 8.58. The van der Waals surface area contributed by atoms with Crippen molar-refractivity contribution in [3.63, 3.8) is 0 Å². The van der Waals surface area contributed by atoms with E-state index in [9.17, 15) is 13.6 Å². The highest BCUT2D eigenvalue weighted by Crippen LogP contribution is 2.28. The van der Waals surface area contributed by atoms with Crippen molar-refractivity contribution in [1.82, 2.24) is 29.8 Å². The van der Waals surface area contributed by atoms with Gasteiger partial charge in [-0.2, -0.15) is 4.98 Å². The topological polar surface area (TPSA) is 89.9 Å². The molecule has 0 radical (unpaired) electrons. The Morgan fingerprint density at radius 3 is 2.17 bits per heavy atom. The second-order valence-corrected chi connectivity index (χ2v) is 9.23. The van der Waals surface area contributed by atoms with Crippen LogP contribution >= 0.6 is 0 Å². The molecular weight excluding hydrogens is 466 g/mol. The number of aromatic nitrogens is 5. The van der Waals surface area contributed by atoms with Gasteiger partial charge in [-0.05, 0) is 61.4 Å². The Kier molecular flexibility index (Phi) is 6.58. The minimum Gasteiger partial charge on any atom is -0.341 e. The highest BCUT2D eigenvalue weighted by atomic mass is 19.1. The first-order valence-corrected chi connectivity index (χ1v) is 12.0. The maximum absolute atomic E-state index is 13.5. The SMILES string of the molecule is CC(C)c1noc(C2CCN(C(=O)Cn3nc(-c4ccc(F)cc4)nc3-c3ccc(F)cc3)CC2)n1. The standard InChI is InChI=1S/C26H26F2N6O2/c1-16(2)23-30-26(36-32-23)19-11-13-33(14-12-19)22(35)15-34-25(18-5-9-21(28)10-6-18)29-24(31-34)17-3-7-20(27)8-4-17/h3-10,16,19H,11-15H2,1-2H3. The fraction of sp³-hybridized carbons (Fsp3) is 0.346. The molecule has 1 amide bonds. The Morgan fingerprint density at radius 2 is 1.58 bits per heavy atom. The Morgan fingerprint density at radius 1 is 0.972 bits per heavy atom. The number of hydrogen-bond acceptors (Lipinski definition) is 6. The van der Waals surface area contributed by atoms with Gasteiger partial charge < -0.3 is 9.42 Å². The number of likely N-dealkylation sites (tertiary alicyclic amines) is 1. The van der Waals surface area contributed by atoms with E-state index in [0.717, 1.165) is 12.8 Å². The summed E-state index contributed by atoms with van der Waals surface area (Å²) >= 11 is 0. The molecule has 10 heteroatoms. The first-order valence-electron chi connectivity index (χ1n) is 12.0. The maximum atomic E-state index is 13.5. The van der Waals surface area contributed by atoms with Crippen LogP contribution in [0, 0.1) is 11.6 Å². The molecule has 8 nitrogen and oxygen atoms in total. The molecule has 36 heavy (non-hydrogen) atoms. The minimum atomic E-state index is -0.371. The molecule has 0 saturated carbocycles. The van der Waals surface area contributed by atoms with Crippen LogP contribution in [-0.2, 0) is 11.3 Å². The van der Waals surface area contributed by atoms with E-state index in [0.29, 0.717) is 47.6 Å². The fourth-order valence-electron chi connectivity index (χ4n) is 4.24. The Bertz CT molecular complexity index is 1340. The average molecular weight is 493 g/mol. The molecular formula is C26H26F2N6O2. The number of hydrogen-bond donors (Lipinski definition) is 0. The van der Waals surface area contributed by atoms with E-state index in [-0.39, 0.29) is 35.9 Å². The first-order chi connectivity index (χ1) is 17.4. The van der Waals surface area contributed by atoms with Gasteiger partial charge in [0.1, 0.15) is 18.2 Å². The molecule has 2 aromatic heterocycles. The van der Waals surface area contributed by atoms with Crippen LogP contribution in [0.15, 0.2) is 53.1 Å². The predicted octanol–water partition coefficient (Wildman–Crippen LogP) is 4.80. The number of amides is 1. The molecule has 1 aliphatic heterocycles. The fourth-order valence-corrected chi connectivity index (χ4v) is 4.24. The van der Waals surface area contributed by atoms with E-state index < -0.39 is 0 Å². The van der Waals surface area contributed by atoms with Crippen molar-refractivity contribution in [3.8, 4) is 22.8 Å². The zero-order chi connectivity index (χ0) is 25.2. The van der Waals surface area contributed by atoms with Crippen LogP contribution in [0.2, 0.25) is 0 Å². The summed E-state index contributed by atoms with van der Waals surface area (Å²) in [5.41, 5.74) is 1.24. The quantitative estimate of drug-likeness (QED) is 0.384. The van der Waals surface area contributed by atoms with Crippen LogP contribution in [0.1, 0.15) is 50.2 Å². The lowest BCUT2D eigenvalue weighted by atomic mass is 9.96. The molecule has 5 rings (SSSR count). The Balaban J connectivity index is 1.33. The van der Waals surface area contributed by atoms with Gasteiger partial charge in [0.05, 0.1) is 0 Å².